The summed E-state index contributed by atoms with van der Waals surface area (Å²) in [4.78, 5) is 7.39. The van der Waals surface area contributed by atoms with Gasteiger partial charge < -0.3 is 14.0 Å². The van der Waals surface area contributed by atoms with Gasteiger partial charge in [0.15, 0.2) is 0 Å². The van der Waals surface area contributed by atoms with Crippen molar-refractivity contribution in [3.63, 3.8) is 0 Å². The molecule has 5 nitrogen and oxygen atoms in total. The lowest BCUT2D eigenvalue weighted by molar-refractivity contribution is 0.0438. The van der Waals surface area contributed by atoms with E-state index in [-0.39, 0.29) is 0 Å². The Morgan fingerprint density at radius 3 is 2.71 bits per heavy atom. The molecule has 2 aliphatic heterocycles. The van der Waals surface area contributed by atoms with Crippen LogP contribution in [0.2, 0.25) is 0 Å². The van der Waals surface area contributed by atoms with E-state index in [0.29, 0.717) is 5.92 Å². The van der Waals surface area contributed by atoms with Gasteiger partial charge in [-0.05, 0) is 44.4 Å². The number of hydrogen-bond acceptors (Lipinski definition) is 4. The Morgan fingerprint density at radius 2 is 1.96 bits per heavy atom. The van der Waals surface area contributed by atoms with E-state index in [4.69, 9.17) is 14.5 Å². The normalized spacial score (nSPS) is 25.8. The molecule has 0 unspecified atom stereocenters. The van der Waals surface area contributed by atoms with Gasteiger partial charge in [0.2, 0.25) is 0 Å². The predicted octanol–water partition coefficient (Wildman–Crippen LogP) is 2.66. The number of imidazole rings is 1. The number of nitrogens with zero attached hydrogens (tertiary/aromatic N) is 3. The first-order valence-electron chi connectivity index (χ1n) is 9.75. The van der Waals surface area contributed by atoms with E-state index >= 15 is 0 Å². The van der Waals surface area contributed by atoms with Crippen molar-refractivity contribution >= 4 is 0 Å². The van der Waals surface area contributed by atoms with Crippen LogP contribution in [-0.4, -0.2) is 54.0 Å². The lowest BCUT2D eigenvalue weighted by Gasteiger charge is -2.36. The minimum atomic E-state index is 0.467. The fourth-order valence-corrected chi connectivity index (χ4v) is 4.25. The van der Waals surface area contributed by atoms with Gasteiger partial charge >= 0.3 is 0 Å². The van der Waals surface area contributed by atoms with E-state index in [1.165, 1.54) is 43.6 Å². The predicted molar refractivity (Wildman–Crippen MR) is 93.0 cm³/mol. The molecular formula is C19H31N3O2. The molecular weight excluding hydrogens is 302 g/mol. The fourth-order valence-electron chi connectivity index (χ4n) is 4.25. The van der Waals surface area contributed by atoms with Crippen LogP contribution in [0.5, 0.6) is 0 Å². The summed E-state index contributed by atoms with van der Waals surface area (Å²) < 4.78 is 13.8. The highest BCUT2D eigenvalue weighted by molar-refractivity contribution is 5.22. The highest BCUT2D eigenvalue weighted by Crippen LogP contribution is 2.35. The van der Waals surface area contributed by atoms with E-state index in [1.807, 2.05) is 0 Å². The van der Waals surface area contributed by atoms with Gasteiger partial charge in [-0.25, -0.2) is 4.98 Å². The zero-order chi connectivity index (χ0) is 16.4. The maximum atomic E-state index is 5.83. The van der Waals surface area contributed by atoms with Crippen LogP contribution in [0.4, 0.5) is 0 Å². The molecule has 0 amide bonds. The number of ether oxygens (including phenoxy) is 2. The first-order valence-corrected chi connectivity index (χ1v) is 9.75. The van der Waals surface area contributed by atoms with Crippen LogP contribution < -0.4 is 0 Å². The smallest absolute Gasteiger partial charge is 0.0952 e. The molecule has 1 saturated carbocycles. The summed E-state index contributed by atoms with van der Waals surface area (Å²) >= 11 is 0. The van der Waals surface area contributed by atoms with Crippen molar-refractivity contribution < 1.29 is 9.47 Å². The second-order valence-electron chi connectivity index (χ2n) is 7.78. The van der Waals surface area contributed by atoms with Crippen LogP contribution in [0, 0.1) is 11.8 Å². The third kappa shape index (κ3) is 3.84. The van der Waals surface area contributed by atoms with Crippen LogP contribution >= 0.6 is 0 Å². The van der Waals surface area contributed by atoms with Gasteiger partial charge in [-0.1, -0.05) is 0 Å². The monoisotopic (exact) mass is 333 g/mol. The van der Waals surface area contributed by atoms with Crippen molar-refractivity contribution in [2.75, 3.05) is 39.5 Å². The second-order valence-corrected chi connectivity index (χ2v) is 7.78. The molecule has 3 aliphatic rings. The molecule has 0 N–H and O–H groups in total. The third-order valence-corrected chi connectivity index (χ3v) is 5.73. The van der Waals surface area contributed by atoms with Gasteiger partial charge in [0.1, 0.15) is 0 Å². The Labute approximate surface area is 145 Å². The van der Waals surface area contributed by atoms with Crippen LogP contribution in [0.3, 0.4) is 0 Å². The van der Waals surface area contributed by atoms with Crippen molar-refractivity contribution in [2.45, 2.75) is 51.6 Å². The lowest BCUT2D eigenvalue weighted by atomic mass is 9.95. The Hall–Kier alpha value is -0.910. The number of aromatic nitrogens is 2. The van der Waals surface area contributed by atoms with E-state index in [2.05, 4.69) is 22.7 Å². The van der Waals surface area contributed by atoms with Crippen molar-refractivity contribution in [3.05, 3.63) is 17.7 Å². The minimum absolute atomic E-state index is 0.467. The molecule has 1 aliphatic carbocycles. The van der Waals surface area contributed by atoms with Gasteiger partial charge in [-0.15, -0.1) is 0 Å². The zero-order valence-corrected chi connectivity index (χ0v) is 15.0. The average molecular weight is 333 g/mol. The quantitative estimate of drug-likeness (QED) is 0.769. The first kappa shape index (κ1) is 16.6. The largest absolute Gasteiger partial charge is 0.381 e. The first-order chi connectivity index (χ1) is 11.8. The Balaban J connectivity index is 1.47. The molecule has 134 valence electrons. The van der Waals surface area contributed by atoms with Crippen LogP contribution in [0.15, 0.2) is 6.33 Å². The molecule has 2 fully saturated rings. The maximum absolute atomic E-state index is 5.83. The molecule has 1 saturated heterocycles. The molecule has 1 atom stereocenters. The Morgan fingerprint density at radius 1 is 1.17 bits per heavy atom. The molecule has 0 bridgehead atoms. The second kappa shape index (κ2) is 7.54. The zero-order valence-electron chi connectivity index (χ0n) is 15.0. The molecule has 1 aromatic heterocycles. The van der Waals surface area contributed by atoms with Gasteiger partial charge in [0, 0.05) is 57.6 Å². The van der Waals surface area contributed by atoms with E-state index < -0.39 is 0 Å². The SMILES string of the molecule is CCOC[C@@H]1CN(CC2CCOCC2)Cc2ncn(CC3CC3)c21. The topological polar surface area (TPSA) is 39.5 Å². The molecule has 3 heterocycles. The molecule has 0 radical (unpaired) electrons. The van der Waals surface area contributed by atoms with Crippen molar-refractivity contribution in [3.8, 4) is 0 Å². The Kier molecular flexibility index (Phi) is 5.20. The van der Waals surface area contributed by atoms with Gasteiger partial charge in [-0.2, -0.15) is 0 Å². The van der Waals surface area contributed by atoms with E-state index in [1.54, 1.807) is 0 Å². The van der Waals surface area contributed by atoms with Crippen LogP contribution in [0.25, 0.3) is 0 Å². The van der Waals surface area contributed by atoms with Crippen LogP contribution in [-0.2, 0) is 22.6 Å². The van der Waals surface area contributed by atoms with Gasteiger partial charge in [0.25, 0.3) is 0 Å². The molecule has 0 spiro atoms. The van der Waals surface area contributed by atoms with Gasteiger partial charge in [0.05, 0.1) is 18.6 Å². The minimum Gasteiger partial charge on any atom is -0.381 e. The summed E-state index contributed by atoms with van der Waals surface area (Å²) in [6.07, 6.45) is 7.27. The molecule has 0 aromatic carbocycles. The highest BCUT2D eigenvalue weighted by Gasteiger charge is 2.32. The summed E-state index contributed by atoms with van der Waals surface area (Å²) in [6, 6.07) is 0. The third-order valence-electron chi connectivity index (χ3n) is 5.73. The standard InChI is InChI=1S/C19H31N3O2/c1-2-23-13-17-11-21(9-16-5-7-24-8-6-16)12-18-19(17)22(14-20-18)10-15-3-4-15/h14-17H,2-13H2,1H3/t17-/m0/s1. The van der Waals surface area contributed by atoms with Crippen molar-refractivity contribution in [2.24, 2.45) is 11.8 Å². The molecule has 5 heteroatoms. The summed E-state index contributed by atoms with van der Waals surface area (Å²) in [7, 11) is 0. The summed E-state index contributed by atoms with van der Waals surface area (Å²) in [5.41, 5.74) is 2.75. The molecule has 1 aromatic rings. The van der Waals surface area contributed by atoms with Crippen molar-refractivity contribution in [1.29, 1.82) is 0 Å². The maximum Gasteiger partial charge on any atom is 0.0952 e. The lowest BCUT2D eigenvalue weighted by Crippen LogP contribution is -2.40. The number of hydrogen-bond donors (Lipinski definition) is 0. The average Bonchev–Trinajstić information content (AvgIpc) is 3.33. The van der Waals surface area contributed by atoms with Crippen LogP contribution in [0.1, 0.15) is 49.9 Å². The van der Waals surface area contributed by atoms with E-state index in [9.17, 15) is 0 Å². The van der Waals surface area contributed by atoms with Gasteiger partial charge in [-0.3, -0.25) is 4.90 Å². The Bertz CT molecular complexity index is 535. The number of rotatable bonds is 7. The molecule has 4 rings (SSSR count). The summed E-state index contributed by atoms with van der Waals surface area (Å²) in [5, 5.41) is 0. The fraction of sp³-hybridized carbons (Fsp3) is 0.842. The number of fused-ring (bicyclic) bond motifs is 1. The summed E-state index contributed by atoms with van der Waals surface area (Å²) in [5.74, 6) is 2.13. The van der Waals surface area contributed by atoms with Crippen molar-refractivity contribution in [1.82, 2.24) is 14.5 Å². The highest BCUT2D eigenvalue weighted by atomic mass is 16.5. The molecule has 24 heavy (non-hydrogen) atoms. The van der Waals surface area contributed by atoms with E-state index in [0.717, 1.165) is 57.9 Å². The summed E-state index contributed by atoms with van der Waals surface area (Å²) in [6.45, 7) is 10.0.